The predicted octanol–water partition coefficient (Wildman–Crippen LogP) is 0.793. The Bertz CT molecular complexity index is 1160. The number of piperidine rings is 1. The number of allylic oxidation sites excluding steroid dienone is 1. The van der Waals surface area contributed by atoms with Gasteiger partial charge in [0.05, 0.1) is 37.0 Å². The van der Waals surface area contributed by atoms with Crippen LogP contribution in [0, 0.1) is 5.92 Å². The third kappa shape index (κ3) is 6.05. The number of hydrogen-bond donors (Lipinski definition) is 6. The van der Waals surface area contributed by atoms with E-state index in [0.29, 0.717) is 31.0 Å². The molecule has 0 saturated carbocycles. The van der Waals surface area contributed by atoms with E-state index < -0.39 is 5.60 Å². The zero-order valence-electron chi connectivity index (χ0n) is 25.0. The predicted molar refractivity (Wildman–Crippen MR) is 167 cm³/mol. The van der Waals surface area contributed by atoms with E-state index in [0.717, 1.165) is 68.7 Å². The molecule has 0 aliphatic carbocycles. The number of fused-ring (bicyclic) bond motifs is 6. The van der Waals surface area contributed by atoms with Crippen molar-refractivity contribution in [3.05, 3.63) is 35.4 Å². The summed E-state index contributed by atoms with van der Waals surface area (Å²) in [5, 5.41) is 36.5. The Balaban J connectivity index is 1.18. The molecule has 1 aromatic rings. The summed E-state index contributed by atoms with van der Waals surface area (Å²) in [6.07, 6.45) is 8.38. The molecule has 5 aliphatic rings. The number of rotatable bonds is 5. The molecule has 12 heteroatoms. The highest BCUT2D eigenvalue weighted by atomic mass is 32.2. The summed E-state index contributed by atoms with van der Waals surface area (Å²) in [7, 11) is 2.14. The van der Waals surface area contributed by atoms with Crippen molar-refractivity contribution in [2.24, 2.45) is 5.92 Å². The van der Waals surface area contributed by atoms with Gasteiger partial charge >= 0.3 is 0 Å². The van der Waals surface area contributed by atoms with Crippen LogP contribution in [-0.4, -0.2) is 107 Å². The molecule has 0 aromatic heterocycles. The number of nitrogens with zero attached hydrogens (tertiary/aromatic N) is 4. The number of benzene rings is 1. The third-order valence-corrected chi connectivity index (χ3v) is 10.9. The number of anilines is 2. The number of aliphatic hydroxyl groups is 2. The highest BCUT2D eigenvalue weighted by Crippen LogP contribution is 2.36. The maximum Gasteiger partial charge on any atom is 0.244 e. The monoisotopic (exact) mass is 600 g/mol. The highest BCUT2D eigenvalue weighted by Gasteiger charge is 2.52. The topological polar surface area (TPSA) is 133 Å². The fourth-order valence-corrected chi connectivity index (χ4v) is 8.23. The second-order valence-corrected chi connectivity index (χ2v) is 13.9. The molecular formula is C30H48N8O3S. The number of carbonyl (C=O) groups excluding carboxylic acids is 1. The number of hydrogen-bond acceptors (Lipinski definition) is 11. The number of carbonyl (C=O) groups is 1. The van der Waals surface area contributed by atoms with Crippen molar-refractivity contribution in [2.45, 2.75) is 80.9 Å². The van der Waals surface area contributed by atoms with Crippen LogP contribution in [0.2, 0.25) is 0 Å². The Kier molecular flexibility index (Phi) is 9.05. The summed E-state index contributed by atoms with van der Waals surface area (Å²) in [4.78, 5) is 18.3. The van der Waals surface area contributed by atoms with Crippen LogP contribution in [0.25, 0.3) is 0 Å². The molecule has 4 fully saturated rings. The first-order valence-electron chi connectivity index (χ1n) is 15.5. The molecule has 0 radical (unpaired) electrons. The summed E-state index contributed by atoms with van der Waals surface area (Å²) < 4.78 is 0. The highest BCUT2D eigenvalue weighted by molar-refractivity contribution is 7.99. The molecule has 4 saturated heterocycles. The maximum absolute atomic E-state index is 13.7. The van der Waals surface area contributed by atoms with Crippen molar-refractivity contribution >= 4 is 29.0 Å². The quantitative estimate of drug-likeness (QED) is 0.212. The van der Waals surface area contributed by atoms with Crippen LogP contribution in [0.5, 0.6) is 0 Å². The fraction of sp³-hybridized carbons (Fsp3) is 0.700. The van der Waals surface area contributed by atoms with Gasteiger partial charge in [-0.2, -0.15) is 5.01 Å². The van der Waals surface area contributed by atoms with Gasteiger partial charge in [-0.1, -0.05) is 12.2 Å². The number of nitrogens with one attached hydrogen (secondary N) is 3. The minimum Gasteiger partial charge on any atom is -0.398 e. The number of piperazine rings is 1. The summed E-state index contributed by atoms with van der Waals surface area (Å²) in [6.45, 7) is 6.89. The first-order valence-corrected chi connectivity index (χ1v) is 16.6. The smallest absolute Gasteiger partial charge is 0.244 e. The van der Waals surface area contributed by atoms with Gasteiger partial charge in [-0.3, -0.25) is 25.8 Å². The van der Waals surface area contributed by atoms with Gasteiger partial charge in [-0.25, -0.2) is 0 Å². The summed E-state index contributed by atoms with van der Waals surface area (Å²) >= 11 is 1.74. The molecule has 5 aliphatic heterocycles. The van der Waals surface area contributed by atoms with Gasteiger partial charge in [0.2, 0.25) is 5.91 Å². The number of nitrogen functional groups attached to an aromatic ring is 1. The van der Waals surface area contributed by atoms with E-state index in [1.807, 2.05) is 18.0 Å². The lowest BCUT2D eigenvalue weighted by molar-refractivity contribution is -0.146. The Morgan fingerprint density at radius 2 is 1.93 bits per heavy atom. The Morgan fingerprint density at radius 1 is 1.12 bits per heavy atom. The SMILES string of the molecule is CN1CCN(c2cc(CSC3NCC4C(=O)N5C/C=C\CC[C@@](C)(O)C6CCCC(N6)N5C4N3)c(N)cc2CO)CC1. The number of likely N-dealkylation sites (N-methyl/N-ethyl adjacent to an activating group) is 1. The van der Waals surface area contributed by atoms with E-state index >= 15 is 0 Å². The molecule has 6 rings (SSSR count). The molecule has 6 atom stereocenters. The van der Waals surface area contributed by atoms with Crippen LogP contribution in [-0.2, 0) is 17.2 Å². The number of thioether (sulfide) groups is 1. The number of hydrazine groups is 1. The van der Waals surface area contributed by atoms with E-state index in [4.69, 9.17) is 5.73 Å². The van der Waals surface area contributed by atoms with Crippen molar-refractivity contribution in [3.63, 3.8) is 0 Å². The molecular weight excluding hydrogens is 552 g/mol. The normalized spacial score (nSPS) is 35.4. The molecule has 5 heterocycles. The molecule has 42 heavy (non-hydrogen) atoms. The lowest BCUT2D eigenvalue weighted by atomic mass is 9.85. The van der Waals surface area contributed by atoms with Crippen molar-refractivity contribution in [1.82, 2.24) is 30.9 Å². The third-order valence-electron chi connectivity index (χ3n) is 9.82. The van der Waals surface area contributed by atoms with Crippen LogP contribution in [0.4, 0.5) is 11.4 Å². The summed E-state index contributed by atoms with van der Waals surface area (Å²) in [5.74, 6) is 0.662. The van der Waals surface area contributed by atoms with Crippen molar-refractivity contribution in [2.75, 3.05) is 56.9 Å². The zero-order valence-corrected chi connectivity index (χ0v) is 25.8. The molecule has 5 unspecified atom stereocenters. The fourth-order valence-electron chi connectivity index (χ4n) is 7.18. The van der Waals surface area contributed by atoms with Crippen LogP contribution in [0.3, 0.4) is 0 Å². The summed E-state index contributed by atoms with van der Waals surface area (Å²) in [6, 6.07) is 4.07. The van der Waals surface area contributed by atoms with E-state index in [2.05, 4.69) is 56.0 Å². The van der Waals surface area contributed by atoms with Gasteiger partial charge < -0.3 is 25.7 Å². The number of aliphatic hydroxyl groups excluding tert-OH is 1. The lowest BCUT2D eigenvalue weighted by Gasteiger charge is -2.47. The zero-order chi connectivity index (χ0) is 29.4. The van der Waals surface area contributed by atoms with Crippen LogP contribution in [0.1, 0.15) is 50.2 Å². The van der Waals surface area contributed by atoms with E-state index in [1.165, 1.54) is 0 Å². The van der Waals surface area contributed by atoms with Crippen molar-refractivity contribution in [1.29, 1.82) is 0 Å². The van der Waals surface area contributed by atoms with Gasteiger partial charge in [0.25, 0.3) is 0 Å². The Hall–Kier alpha value is -1.90. The van der Waals surface area contributed by atoms with Crippen molar-refractivity contribution in [3.8, 4) is 0 Å². The molecule has 7 N–H and O–H groups in total. The van der Waals surface area contributed by atoms with Gasteiger partial charge in [0, 0.05) is 61.5 Å². The average Bonchev–Trinajstić information content (AvgIpc) is 3.26. The van der Waals surface area contributed by atoms with Gasteiger partial charge in [0.15, 0.2) is 0 Å². The standard InChI is InChI=1S/C30H48N8O3S/c1-30(41)9-4-3-5-10-37-28(40)22-17-32-29(34-27(22)38(37)26-8-6-7-25(30)33-26)42-19-21-16-24(20(18-39)15-23(21)31)36-13-11-35(2)12-14-36/h3,5,15-16,22,25-27,29,32-34,39,41H,4,6-14,17-19,31H2,1-2H3/b5-3-/t22?,25?,26?,27?,29?,30-/m1/s1. The van der Waals surface area contributed by atoms with Crippen molar-refractivity contribution < 1.29 is 15.0 Å². The lowest BCUT2D eigenvalue weighted by Crippen LogP contribution is -2.67. The molecule has 0 spiro atoms. The van der Waals surface area contributed by atoms with Crippen LogP contribution < -0.4 is 26.6 Å². The van der Waals surface area contributed by atoms with Gasteiger partial charge in [-0.15, -0.1) is 11.8 Å². The number of nitrogens with two attached hydrogens (primary N) is 1. The average molecular weight is 601 g/mol. The van der Waals surface area contributed by atoms with E-state index in [9.17, 15) is 15.0 Å². The minimum absolute atomic E-state index is 0.00925. The molecule has 232 valence electrons. The second kappa shape index (κ2) is 12.6. The first kappa shape index (κ1) is 30.1. The van der Waals surface area contributed by atoms with E-state index in [1.54, 1.807) is 11.8 Å². The first-order chi connectivity index (χ1) is 20.2. The maximum atomic E-state index is 13.7. The van der Waals surface area contributed by atoms with E-state index in [-0.39, 0.29) is 42.3 Å². The minimum atomic E-state index is -0.796. The largest absolute Gasteiger partial charge is 0.398 e. The molecule has 1 aromatic carbocycles. The van der Waals surface area contributed by atoms with Gasteiger partial charge in [-0.05, 0) is 63.8 Å². The number of amides is 1. The summed E-state index contributed by atoms with van der Waals surface area (Å²) in [5.41, 5.74) is 9.33. The Labute approximate surface area is 253 Å². The molecule has 1 amide bonds. The van der Waals surface area contributed by atoms with Crippen LogP contribution in [0.15, 0.2) is 24.3 Å². The molecule has 2 bridgehead atoms. The van der Waals surface area contributed by atoms with Gasteiger partial charge in [0.1, 0.15) is 5.50 Å². The Morgan fingerprint density at radius 3 is 2.71 bits per heavy atom. The second-order valence-electron chi connectivity index (χ2n) is 12.8. The van der Waals surface area contributed by atoms with Crippen LogP contribution >= 0.6 is 11.8 Å². The molecule has 11 nitrogen and oxygen atoms in total.